The van der Waals surface area contributed by atoms with Gasteiger partial charge in [0.2, 0.25) is 0 Å². The van der Waals surface area contributed by atoms with Gasteiger partial charge in [-0.15, -0.1) is 11.8 Å². The number of thioether (sulfide) groups is 1. The molecule has 0 amide bonds. The Balaban J connectivity index is 2.18. The molecule has 4 nitrogen and oxygen atoms in total. The van der Waals surface area contributed by atoms with Gasteiger partial charge in [-0.25, -0.2) is 4.98 Å². The molecule has 17 heavy (non-hydrogen) atoms. The molecule has 2 rings (SSSR count). The number of nitrogens with zero attached hydrogens (tertiary/aromatic N) is 3. The molecule has 2 heterocycles. The summed E-state index contributed by atoms with van der Waals surface area (Å²) in [6.07, 6.45) is 5.07. The molecule has 0 aliphatic heterocycles. The fourth-order valence-electron chi connectivity index (χ4n) is 1.44. The van der Waals surface area contributed by atoms with Gasteiger partial charge in [-0.3, -0.25) is 0 Å². The Bertz CT molecular complexity index is 484. The average molecular weight is 249 g/mol. The van der Waals surface area contributed by atoms with Gasteiger partial charge in [-0.2, -0.15) is 4.98 Å². The quantitative estimate of drug-likeness (QED) is 0.762. The summed E-state index contributed by atoms with van der Waals surface area (Å²) < 4.78 is 5.21. The summed E-state index contributed by atoms with van der Waals surface area (Å²) in [5.41, 5.74) is 0.743. The van der Waals surface area contributed by atoms with E-state index in [2.05, 4.69) is 22.0 Å². The van der Waals surface area contributed by atoms with Gasteiger partial charge in [0.1, 0.15) is 5.69 Å². The number of rotatable bonds is 5. The normalized spacial score (nSPS) is 10.7. The number of unbranched alkanes of at least 4 members (excludes halogenated alkanes) is 1. The zero-order chi connectivity index (χ0) is 12.1. The lowest BCUT2D eigenvalue weighted by Gasteiger charge is -1.96. The molecule has 0 atom stereocenters. The van der Waals surface area contributed by atoms with Gasteiger partial charge in [0.05, 0.1) is 5.03 Å². The minimum Gasteiger partial charge on any atom is -0.332 e. The first-order valence-electron chi connectivity index (χ1n) is 5.67. The summed E-state index contributed by atoms with van der Waals surface area (Å²) in [5.74, 6) is 1.27. The monoisotopic (exact) mass is 249 g/mol. The molecule has 0 fully saturated rings. The molecular formula is C12H15N3OS. The SMILES string of the molecule is CCCCc1noc(-c2cccc(SC)n2)n1. The minimum absolute atomic E-state index is 0.506. The van der Waals surface area contributed by atoms with Crippen molar-refractivity contribution in [1.29, 1.82) is 0 Å². The summed E-state index contributed by atoms with van der Waals surface area (Å²) in [7, 11) is 0. The molecule has 2 aromatic heterocycles. The second kappa shape index (κ2) is 5.82. The van der Waals surface area contributed by atoms with Crippen LogP contribution in [0.3, 0.4) is 0 Å². The van der Waals surface area contributed by atoms with Crippen molar-refractivity contribution < 1.29 is 4.52 Å². The van der Waals surface area contributed by atoms with E-state index < -0.39 is 0 Å². The molecule has 0 unspecified atom stereocenters. The Morgan fingerprint density at radius 2 is 2.18 bits per heavy atom. The van der Waals surface area contributed by atoms with Gasteiger partial charge in [0, 0.05) is 6.42 Å². The van der Waals surface area contributed by atoms with Gasteiger partial charge in [-0.1, -0.05) is 24.6 Å². The smallest absolute Gasteiger partial charge is 0.276 e. The van der Waals surface area contributed by atoms with Gasteiger partial charge in [0.15, 0.2) is 5.82 Å². The highest BCUT2D eigenvalue weighted by Crippen LogP contribution is 2.19. The Hall–Kier alpha value is -1.36. The van der Waals surface area contributed by atoms with Gasteiger partial charge >= 0.3 is 0 Å². The van der Waals surface area contributed by atoms with Crippen LogP contribution in [0.25, 0.3) is 11.6 Å². The van der Waals surface area contributed by atoms with E-state index in [1.165, 1.54) is 0 Å². The fourth-order valence-corrected chi connectivity index (χ4v) is 1.85. The van der Waals surface area contributed by atoms with Gasteiger partial charge < -0.3 is 4.52 Å². The second-order valence-corrected chi connectivity index (χ2v) is 4.51. The highest BCUT2D eigenvalue weighted by molar-refractivity contribution is 7.98. The summed E-state index contributed by atoms with van der Waals surface area (Å²) in [5, 5.41) is 4.91. The first kappa shape index (κ1) is 12.1. The maximum atomic E-state index is 5.21. The van der Waals surface area contributed by atoms with Crippen molar-refractivity contribution in [3.05, 3.63) is 24.0 Å². The molecule has 0 aromatic carbocycles. The fraction of sp³-hybridized carbons (Fsp3) is 0.417. The number of hydrogen-bond donors (Lipinski definition) is 0. The predicted octanol–water partition coefficient (Wildman–Crippen LogP) is 3.20. The lowest BCUT2D eigenvalue weighted by atomic mass is 10.2. The van der Waals surface area contributed by atoms with Crippen molar-refractivity contribution in [2.45, 2.75) is 31.2 Å². The summed E-state index contributed by atoms with van der Waals surface area (Å²) in [4.78, 5) is 8.77. The molecule has 0 N–H and O–H groups in total. The molecule has 2 aromatic rings. The summed E-state index contributed by atoms with van der Waals surface area (Å²) >= 11 is 1.60. The van der Waals surface area contributed by atoms with Gasteiger partial charge in [0.25, 0.3) is 5.89 Å². The third-order valence-electron chi connectivity index (χ3n) is 2.37. The third kappa shape index (κ3) is 3.06. The second-order valence-electron chi connectivity index (χ2n) is 3.68. The maximum Gasteiger partial charge on any atom is 0.276 e. The van der Waals surface area contributed by atoms with Crippen LogP contribution in [-0.4, -0.2) is 21.4 Å². The van der Waals surface area contributed by atoms with E-state index in [-0.39, 0.29) is 0 Å². The highest BCUT2D eigenvalue weighted by Gasteiger charge is 2.09. The van der Waals surface area contributed by atoms with Crippen LogP contribution in [-0.2, 0) is 6.42 Å². The standard InChI is InChI=1S/C12H15N3OS/c1-3-4-7-10-14-12(16-15-10)9-6-5-8-11(13-9)17-2/h5-6,8H,3-4,7H2,1-2H3. The lowest BCUT2D eigenvalue weighted by molar-refractivity contribution is 0.420. The number of aryl methyl sites for hydroxylation is 1. The van der Waals surface area contributed by atoms with Crippen LogP contribution in [0.15, 0.2) is 27.7 Å². The van der Waals surface area contributed by atoms with Crippen molar-refractivity contribution in [2.24, 2.45) is 0 Å². The van der Waals surface area contributed by atoms with Crippen molar-refractivity contribution in [3.8, 4) is 11.6 Å². The van der Waals surface area contributed by atoms with Crippen molar-refractivity contribution in [3.63, 3.8) is 0 Å². The number of hydrogen-bond acceptors (Lipinski definition) is 5. The maximum absolute atomic E-state index is 5.21. The predicted molar refractivity (Wildman–Crippen MR) is 67.9 cm³/mol. The molecule has 0 radical (unpaired) electrons. The molecule has 0 spiro atoms. The van der Waals surface area contributed by atoms with E-state index in [0.29, 0.717) is 5.89 Å². The van der Waals surface area contributed by atoms with E-state index in [9.17, 15) is 0 Å². The topological polar surface area (TPSA) is 51.8 Å². The first-order valence-corrected chi connectivity index (χ1v) is 6.90. The van der Waals surface area contributed by atoms with E-state index >= 15 is 0 Å². The summed E-state index contributed by atoms with van der Waals surface area (Å²) in [6.45, 7) is 2.14. The van der Waals surface area contributed by atoms with E-state index in [1.54, 1.807) is 11.8 Å². The lowest BCUT2D eigenvalue weighted by Crippen LogP contribution is -1.88. The molecule has 0 bridgehead atoms. The largest absolute Gasteiger partial charge is 0.332 e. The van der Waals surface area contributed by atoms with Crippen LogP contribution in [0.2, 0.25) is 0 Å². The zero-order valence-corrected chi connectivity index (χ0v) is 10.8. The number of pyridine rings is 1. The van der Waals surface area contributed by atoms with Crippen LogP contribution in [0.5, 0.6) is 0 Å². The van der Waals surface area contributed by atoms with Crippen LogP contribution in [0.1, 0.15) is 25.6 Å². The van der Waals surface area contributed by atoms with Crippen LogP contribution in [0, 0.1) is 0 Å². The molecule has 0 saturated heterocycles. The van der Waals surface area contributed by atoms with Crippen molar-refractivity contribution in [2.75, 3.05) is 6.26 Å². The summed E-state index contributed by atoms with van der Waals surface area (Å²) in [6, 6.07) is 5.80. The highest BCUT2D eigenvalue weighted by atomic mass is 32.2. The third-order valence-corrected chi connectivity index (χ3v) is 3.02. The Morgan fingerprint density at radius 1 is 1.29 bits per heavy atom. The van der Waals surface area contributed by atoms with Crippen molar-refractivity contribution in [1.82, 2.24) is 15.1 Å². The molecule has 90 valence electrons. The molecule has 5 heteroatoms. The molecule has 0 saturated carbocycles. The van der Waals surface area contributed by atoms with E-state index in [4.69, 9.17) is 4.52 Å². The molecule has 0 aliphatic rings. The number of aromatic nitrogens is 3. The average Bonchev–Trinajstić information content (AvgIpc) is 2.85. The Labute approximate surface area is 105 Å². The van der Waals surface area contributed by atoms with Crippen molar-refractivity contribution >= 4 is 11.8 Å². The van der Waals surface area contributed by atoms with E-state index in [0.717, 1.165) is 35.8 Å². The van der Waals surface area contributed by atoms with E-state index in [1.807, 2.05) is 24.5 Å². The van der Waals surface area contributed by atoms with Crippen LogP contribution < -0.4 is 0 Å². The Morgan fingerprint density at radius 3 is 2.94 bits per heavy atom. The zero-order valence-electron chi connectivity index (χ0n) is 10.0. The molecular weight excluding hydrogens is 234 g/mol. The van der Waals surface area contributed by atoms with Gasteiger partial charge in [-0.05, 0) is 24.8 Å². The van der Waals surface area contributed by atoms with Crippen LogP contribution in [0.4, 0.5) is 0 Å². The molecule has 0 aliphatic carbocycles. The minimum atomic E-state index is 0.506. The first-order chi connectivity index (χ1) is 8.33. The Kier molecular flexibility index (Phi) is 4.14. The van der Waals surface area contributed by atoms with Crippen LogP contribution >= 0.6 is 11.8 Å².